The van der Waals surface area contributed by atoms with Crippen LogP contribution in [0.15, 0.2) is 53.6 Å². The van der Waals surface area contributed by atoms with Crippen LogP contribution in [0, 0.1) is 0 Å². The number of benzene rings is 1. The van der Waals surface area contributed by atoms with E-state index in [9.17, 15) is 8.42 Å². The molecule has 0 spiro atoms. The number of hydrogen-bond donors (Lipinski definition) is 1. The van der Waals surface area contributed by atoms with Gasteiger partial charge >= 0.3 is 0 Å². The molecule has 0 atom stereocenters. The van der Waals surface area contributed by atoms with Crippen LogP contribution in [-0.2, 0) is 21.3 Å². The molecule has 0 aliphatic carbocycles. The van der Waals surface area contributed by atoms with Crippen LogP contribution in [0.25, 0.3) is 0 Å². The number of ether oxygens (including phenoxy) is 1. The van der Waals surface area contributed by atoms with Crippen LogP contribution in [0.3, 0.4) is 0 Å². The fourth-order valence-corrected chi connectivity index (χ4v) is 5.34. The van der Waals surface area contributed by atoms with Gasteiger partial charge < -0.3 is 9.64 Å². The van der Waals surface area contributed by atoms with Gasteiger partial charge in [0.2, 0.25) is 10.0 Å². The summed E-state index contributed by atoms with van der Waals surface area (Å²) in [6, 6.07) is 13.6. The largest absolute Gasteiger partial charge is 0.379 e. The number of anilines is 1. The molecule has 2 aliphatic heterocycles. The number of nitrogens with zero attached hydrogens (tertiary/aromatic N) is 2. The lowest BCUT2D eigenvalue weighted by Crippen LogP contribution is -3.13. The van der Waals surface area contributed by atoms with E-state index in [4.69, 9.17) is 4.74 Å². The highest BCUT2D eigenvalue weighted by Crippen LogP contribution is 2.18. The predicted octanol–water partition coefficient (Wildman–Crippen LogP) is -0.573. The van der Waals surface area contributed by atoms with Crippen LogP contribution in [-0.4, -0.2) is 65.2 Å². The predicted molar refractivity (Wildman–Crippen MR) is 106 cm³/mol. The first-order valence-electron chi connectivity index (χ1n) is 9.85. The average molecular weight is 405 g/mol. The molecule has 2 fully saturated rings. The molecular formula is C20H28N4O3S+2. The smallest absolute Gasteiger partial charge is 0.274 e. The maximum Gasteiger partial charge on any atom is 0.274 e. The molecule has 7 nitrogen and oxygen atoms in total. The number of aromatic nitrogens is 1. The molecular weight excluding hydrogens is 376 g/mol. The van der Waals surface area contributed by atoms with Crippen LogP contribution in [0.4, 0.5) is 5.82 Å². The molecule has 28 heavy (non-hydrogen) atoms. The second kappa shape index (κ2) is 8.57. The van der Waals surface area contributed by atoms with Crippen LogP contribution >= 0.6 is 0 Å². The molecule has 8 heteroatoms. The summed E-state index contributed by atoms with van der Waals surface area (Å²) < 4.78 is 32.6. The number of sulfonamides is 1. The highest BCUT2D eigenvalue weighted by molar-refractivity contribution is 7.89. The van der Waals surface area contributed by atoms with Gasteiger partial charge in [-0.3, -0.25) is 4.90 Å². The maximum absolute atomic E-state index is 12.9. The SMILES string of the molecule is O=S(=O)(c1cccc(C[NH+]2CCN(c3cccc[nH+]3)CC2)c1)N1CCOCC1. The second-order valence-electron chi connectivity index (χ2n) is 7.33. The van der Waals surface area contributed by atoms with E-state index in [1.165, 1.54) is 9.21 Å². The highest BCUT2D eigenvalue weighted by Gasteiger charge is 2.28. The Morgan fingerprint density at radius 1 is 1.00 bits per heavy atom. The topological polar surface area (TPSA) is 68.4 Å². The lowest BCUT2D eigenvalue weighted by atomic mass is 10.2. The molecule has 2 aliphatic rings. The van der Waals surface area contributed by atoms with E-state index in [0.717, 1.165) is 44.1 Å². The Morgan fingerprint density at radius 2 is 1.79 bits per heavy atom. The number of morpholine rings is 1. The minimum atomic E-state index is -3.44. The summed E-state index contributed by atoms with van der Waals surface area (Å²) in [5, 5.41) is 0. The number of aromatic amines is 1. The average Bonchev–Trinajstić information content (AvgIpc) is 2.76. The fraction of sp³-hybridized carbons (Fsp3) is 0.450. The Balaban J connectivity index is 1.39. The Bertz CT molecular complexity index is 877. The molecule has 0 radical (unpaired) electrons. The molecule has 1 aromatic carbocycles. The summed E-state index contributed by atoms with van der Waals surface area (Å²) in [6.07, 6.45) is 1.95. The molecule has 2 N–H and O–H groups in total. The quantitative estimate of drug-likeness (QED) is 0.725. The number of rotatable bonds is 5. The number of H-pyrrole nitrogens is 1. The second-order valence-corrected chi connectivity index (χ2v) is 9.26. The van der Waals surface area contributed by atoms with Gasteiger partial charge in [-0.25, -0.2) is 13.4 Å². The lowest BCUT2D eigenvalue weighted by Gasteiger charge is -2.28. The first-order valence-corrected chi connectivity index (χ1v) is 11.3. The zero-order valence-electron chi connectivity index (χ0n) is 16.0. The number of pyridine rings is 1. The van der Waals surface area contributed by atoms with Crippen molar-refractivity contribution in [2.24, 2.45) is 0 Å². The van der Waals surface area contributed by atoms with Gasteiger partial charge in [0.15, 0.2) is 0 Å². The van der Waals surface area contributed by atoms with Crippen molar-refractivity contribution in [2.45, 2.75) is 11.4 Å². The van der Waals surface area contributed by atoms with Crippen molar-refractivity contribution in [3.63, 3.8) is 0 Å². The van der Waals surface area contributed by atoms with E-state index in [2.05, 4.69) is 16.0 Å². The standard InChI is InChI=1S/C20H26N4O3S/c25-28(26,24-12-14-27-15-13-24)19-5-3-4-18(16-19)17-22-8-10-23(11-9-22)20-6-1-2-7-21-20/h1-7,16H,8-15,17H2/p+2. The highest BCUT2D eigenvalue weighted by atomic mass is 32.2. The Labute approximate surface area is 166 Å². The van der Waals surface area contributed by atoms with Crippen molar-refractivity contribution >= 4 is 15.8 Å². The van der Waals surface area contributed by atoms with Gasteiger partial charge in [-0.05, 0) is 18.2 Å². The van der Waals surface area contributed by atoms with Gasteiger partial charge in [-0.1, -0.05) is 18.2 Å². The van der Waals surface area contributed by atoms with E-state index >= 15 is 0 Å². The summed E-state index contributed by atoms with van der Waals surface area (Å²) in [4.78, 5) is 7.53. The maximum atomic E-state index is 12.9. The summed E-state index contributed by atoms with van der Waals surface area (Å²) in [5.41, 5.74) is 1.07. The van der Waals surface area contributed by atoms with Gasteiger partial charge in [0.25, 0.3) is 5.82 Å². The molecule has 4 rings (SSSR count). The van der Waals surface area contributed by atoms with Gasteiger partial charge in [0.1, 0.15) is 32.7 Å². The Morgan fingerprint density at radius 3 is 2.50 bits per heavy atom. The third-order valence-electron chi connectivity index (χ3n) is 5.46. The summed E-state index contributed by atoms with van der Waals surface area (Å²) in [5.74, 6) is 1.15. The summed E-state index contributed by atoms with van der Waals surface area (Å²) >= 11 is 0. The lowest BCUT2D eigenvalue weighted by molar-refractivity contribution is -0.914. The molecule has 2 saturated heterocycles. The molecule has 3 heterocycles. The minimum Gasteiger partial charge on any atom is -0.379 e. The fourth-order valence-electron chi connectivity index (χ4n) is 3.86. The monoisotopic (exact) mass is 404 g/mol. The van der Waals surface area contributed by atoms with Gasteiger partial charge in [0, 0.05) is 24.7 Å². The molecule has 1 aromatic heterocycles. The molecule has 150 valence electrons. The minimum absolute atomic E-state index is 0.392. The Hall–Kier alpha value is -2.00. The van der Waals surface area contributed by atoms with Crippen LogP contribution in [0.1, 0.15) is 5.56 Å². The number of nitrogens with one attached hydrogen (secondary N) is 2. The molecule has 0 unspecified atom stereocenters. The third kappa shape index (κ3) is 4.35. The van der Waals surface area contributed by atoms with Gasteiger partial charge in [-0.2, -0.15) is 4.31 Å². The Kier molecular flexibility index (Phi) is 5.91. The van der Waals surface area contributed by atoms with Crippen LogP contribution < -0.4 is 14.8 Å². The van der Waals surface area contributed by atoms with E-state index in [1.54, 1.807) is 6.07 Å². The van der Waals surface area contributed by atoms with Gasteiger partial charge in [-0.15, -0.1) is 0 Å². The number of hydrogen-bond acceptors (Lipinski definition) is 4. The van der Waals surface area contributed by atoms with Crippen molar-refractivity contribution in [2.75, 3.05) is 57.4 Å². The first-order chi connectivity index (χ1) is 13.6. The normalized spacial score (nSPS) is 19.6. The van der Waals surface area contributed by atoms with E-state index in [0.29, 0.717) is 31.2 Å². The summed E-state index contributed by atoms with van der Waals surface area (Å²) in [6.45, 7) is 6.67. The van der Waals surface area contributed by atoms with Crippen LogP contribution in [0.2, 0.25) is 0 Å². The first kappa shape index (κ1) is 19.3. The van der Waals surface area contributed by atoms with Crippen molar-refractivity contribution in [3.05, 3.63) is 54.2 Å². The number of piperazine rings is 1. The molecule has 2 aromatic rings. The van der Waals surface area contributed by atoms with Crippen molar-refractivity contribution < 1.29 is 23.0 Å². The van der Waals surface area contributed by atoms with E-state index in [-0.39, 0.29) is 0 Å². The molecule has 0 amide bonds. The van der Waals surface area contributed by atoms with E-state index in [1.807, 2.05) is 36.5 Å². The number of quaternary nitrogens is 1. The van der Waals surface area contributed by atoms with E-state index < -0.39 is 10.0 Å². The van der Waals surface area contributed by atoms with Gasteiger partial charge in [0.05, 0.1) is 24.3 Å². The molecule has 0 bridgehead atoms. The summed E-state index contributed by atoms with van der Waals surface area (Å²) in [7, 11) is -3.44. The third-order valence-corrected chi connectivity index (χ3v) is 7.36. The molecule has 0 saturated carbocycles. The van der Waals surface area contributed by atoms with Crippen molar-refractivity contribution in [1.82, 2.24) is 4.31 Å². The van der Waals surface area contributed by atoms with Crippen molar-refractivity contribution in [1.29, 1.82) is 0 Å². The van der Waals surface area contributed by atoms with Crippen LogP contribution in [0.5, 0.6) is 0 Å². The zero-order valence-corrected chi connectivity index (χ0v) is 16.8. The zero-order chi connectivity index (χ0) is 19.4. The van der Waals surface area contributed by atoms with Crippen molar-refractivity contribution in [3.8, 4) is 0 Å².